The minimum Gasteiger partial charge on any atom is -0.360 e. The van der Waals surface area contributed by atoms with E-state index in [1.54, 1.807) is 0 Å². The molecule has 0 atom stereocenters. The maximum Gasteiger partial charge on any atom is 0.225 e. The maximum atomic E-state index is 12.9. The highest BCUT2D eigenvalue weighted by molar-refractivity contribution is 5.79. The summed E-state index contributed by atoms with van der Waals surface area (Å²) in [7, 11) is 2.06. The first-order chi connectivity index (χ1) is 11.1. The molecule has 1 aromatic rings. The van der Waals surface area contributed by atoms with E-state index in [9.17, 15) is 4.79 Å². The summed E-state index contributed by atoms with van der Waals surface area (Å²) in [5.41, 5.74) is 2.27. The van der Waals surface area contributed by atoms with Crippen molar-refractivity contribution in [2.75, 3.05) is 25.0 Å². The summed E-state index contributed by atoms with van der Waals surface area (Å²) in [6.07, 6.45) is 6.66. The molecule has 1 amide bonds. The van der Waals surface area contributed by atoms with E-state index < -0.39 is 0 Å². The molecule has 0 radical (unpaired) electrons. The van der Waals surface area contributed by atoms with E-state index in [4.69, 9.17) is 0 Å². The minimum absolute atomic E-state index is 0.240. The highest BCUT2D eigenvalue weighted by atomic mass is 16.2. The molecule has 1 aliphatic carbocycles. The van der Waals surface area contributed by atoms with Crippen LogP contribution in [0.1, 0.15) is 56.1 Å². The number of rotatable bonds is 3. The third-order valence-corrected chi connectivity index (χ3v) is 5.25. The first-order valence-corrected chi connectivity index (χ1v) is 8.96. The fourth-order valence-corrected chi connectivity index (χ4v) is 3.78. The van der Waals surface area contributed by atoms with Gasteiger partial charge in [0, 0.05) is 38.0 Å². The van der Waals surface area contributed by atoms with Crippen molar-refractivity contribution in [2.24, 2.45) is 5.92 Å². The molecule has 0 unspecified atom stereocenters. The average molecular weight is 316 g/mol. The third-order valence-electron chi connectivity index (χ3n) is 5.25. The summed E-state index contributed by atoms with van der Waals surface area (Å²) >= 11 is 0. The molecular weight excluding hydrogens is 288 g/mol. The molecule has 1 aliphatic heterocycles. The molecular formula is C18H28N4O. The van der Waals surface area contributed by atoms with Crippen LogP contribution in [0.3, 0.4) is 0 Å². The normalized spacial score (nSPS) is 18.7. The summed E-state index contributed by atoms with van der Waals surface area (Å²) < 4.78 is 0. The largest absolute Gasteiger partial charge is 0.360 e. The van der Waals surface area contributed by atoms with Gasteiger partial charge in [0.05, 0.1) is 12.2 Å². The molecule has 1 aromatic heterocycles. The lowest BCUT2D eigenvalue weighted by Crippen LogP contribution is -2.41. The number of aromatic nitrogens is 2. The molecule has 3 rings (SSSR count). The second kappa shape index (κ2) is 6.85. The Hall–Kier alpha value is -1.65. The molecule has 1 fully saturated rings. The predicted octanol–water partition coefficient (Wildman–Crippen LogP) is 2.71. The maximum absolute atomic E-state index is 12.9. The zero-order chi connectivity index (χ0) is 16.4. The van der Waals surface area contributed by atoms with Gasteiger partial charge in [0.15, 0.2) is 0 Å². The van der Waals surface area contributed by atoms with Gasteiger partial charge in [-0.25, -0.2) is 9.97 Å². The summed E-state index contributed by atoms with van der Waals surface area (Å²) in [6, 6.07) is 0. The predicted molar refractivity (Wildman–Crippen MR) is 91.4 cm³/mol. The zero-order valence-corrected chi connectivity index (χ0v) is 14.6. The Balaban J connectivity index is 1.83. The van der Waals surface area contributed by atoms with Crippen LogP contribution in [0.5, 0.6) is 0 Å². The van der Waals surface area contributed by atoms with Crippen LogP contribution >= 0.6 is 0 Å². The lowest BCUT2D eigenvalue weighted by molar-refractivity contribution is -0.137. The highest BCUT2D eigenvalue weighted by Crippen LogP contribution is 2.30. The Labute approximate surface area is 139 Å². The van der Waals surface area contributed by atoms with Crippen molar-refractivity contribution >= 4 is 11.7 Å². The SMILES string of the molecule is CCN(C)c1nc(C)nc2c1CN(C(=O)C1CCCCC1)CC2. The Morgan fingerprint density at radius 3 is 2.70 bits per heavy atom. The van der Waals surface area contributed by atoms with Gasteiger partial charge in [-0.15, -0.1) is 0 Å². The van der Waals surface area contributed by atoms with Crippen LogP contribution in [0.4, 0.5) is 5.82 Å². The van der Waals surface area contributed by atoms with Gasteiger partial charge in [-0.2, -0.15) is 0 Å². The number of amides is 1. The molecule has 1 saturated carbocycles. The van der Waals surface area contributed by atoms with Crippen LogP contribution in [0.25, 0.3) is 0 Å². The molecule has 0 spiro atoms. The first kappa shape index (κ1) is 16.2. The van der Waals surface area contributed by atoms with E-state index in [2.05, 4.69) is 28.8 Å². The van der Waals surface area contributed by atoms with Gasteiger partial charge >= 0.3 is 0 Å². The number of hydrogen-bond donors (Lipinski definition) is 0. The molecule has 0 N–H and O–H groups in total. The van der Waals surface area contributed by atoms with E-state index >= 15 is 0 Å². The van der Waals surface area contributed by atoms with Gasteiger partial charge in [-0.05, 0) is 26.7 Å². The number of carbonyl (C=O) groups is 1. The molecule has 0 saturated heterocycles. The third kappa shape index (κ3) is 3.33. The fourth-order valence-electron chi connectivity index (χ4n) is 3.78. The van der Waals surface area contributed by atoms with Crippen molar-refractivity contribution in [2.45, 2.75) is 58.9 Å². The van der Waals surface area contributed by atoms with Crippen LogP contribution in [-0.4, -0.2) is 40.9 Å². The lowest BCUT2D eigenvalue weighted by Gasteiger charge is -2.34. The number of nitrogens with zero attached hydrogens (tertiary/aromatic N) is 4. The smallest absolute Gasteiger partial charge is 0.225 e. The number of fused-ring (bicyclic) bond motifs is 1. The average Bonchev–Trinajstić information content (AvgIpc) is 2.60. The molecule has 2 heterocycles. The van der Waals surface area contributed by atoms with Gasteiger partial charge in [-0.1, -0.05) is 19.3 Å². The van der Waals surface area contributed by atoms with E-state index in [0.717, 1.165) is 55.3 Å². The van der Waals surface area contributed by atoms with Crippen molar-refractivity contribution in [3.05, 3.63) is 17.1 Å². The van der Waals surface area contributed by atoms with Crippen LogP contribution < -0.4 is 4.90 Å². The minimum atomic E-state index is 0.240. The molecule has 126 valence electrons. The van der Waals surface area contributed by atoms with Crippen molar-refractivity contribution in [3.8, 4) is 0 Å². The standard InChI is InChI=1S/C18H28N4O/c1-4-21(3)17-15-12-22(11-10-16(15)19-13(2)20-17)18(23)14-8-6-5-7-9-14/h14H,4-12H2,1-3H3. The van der Waals surface area contributed by atoms with Crippen LogP contribution in [0.15, 0.2) is 0 Å². The van der Waals surface area contributed by atoms with Gasteiger partial charge in [0.1, 0.15) is 11.6 Å². The summed E-state index contributed by atoms with van der Waals surface area (Å²) in [5.74, 6) is 2.41. The Morgan fingerprint density at radius 1 is 1.26 bits per heavy atom. The fraction of sp³-hybridized carbons (Fsp3) is 0.722. The van der Waals surface area contributed by atoms with Crippen molar-refractivity contribution in [3.63, 3.8) is 0 Å². The van der Waals surface area contributed by atoms with Crippen molar-refractivity contribution in [1.29, 1.82) is 0 Å². The molecule has 0 bridgehead atoms. The van der Waals surface area contributed by atoms with E-state index in [-0.39, 0.29) is 5.92 Å². The lowest BCUT2D eigenvalue weighted by atomic mass is 9.87. The van der Waals surface area contributed by atoms with E-state index in [0.29, 0.717) is 12.5 Å². The summed E-state index contributed by atoms with van der Waals surface area (Å²) in [4.78, 5) is 26.3. The summed E-state index contributed by atoms with van der Waals surface area (Å²) in [6.45, 7) is 6.45. The quantitative estimate of drug-likeness (QED) is 0.860. The first-order valence-electron chi connectivity index (χ1n) is 8.96. The number of anilines is 1. The van der Waals surface area contributed by atoms with Gasteiger partial charge in [0.25, 0.3) is 0 Å². The van der Waals surface area contributed by atoms with Crippen LogP contribution in [0, 0.1) is 12.8 Å². The van der Waals surface area contributed by atoms with Crippen molar-refractivity contribution < 1.29 is 4.79 Å². The number of hydrogen-bond acceptors (Lipinski definition) is 4. The second-order valence-electron chi connectivity index (χ2n) is 6.88. The van der Waals surface area contributed by atoms with Gasteiger partial charge < -0.3 is 9.80 Å². The number of carbonyl (C=O) groups excluding carboxylic acids is 1. The van der Waals surface area contributed by atoms with Crippen LogP contribution in [0.2, 0.25) is 0 Å². The molecule has 5 nitrogen and oxygen atoms in total. The van der Waals surface area contributed by atoms with Gasteiger partial charge in [0.2, 0.25) is 5.91 Å². The highest BCUT2D eigenvalue weighted by Gasteiger charge is 2.30. The van der Waals surface area contributed by atoms with Gasteiger partial charge in [-0.3, -0.25) is 4.79 Å². The molecule has 0 aromatic carbocycles. The Kier molecular flexibility index (Phi) is 4.83. The van der Waals surface area contributed by atoms with Crippen LogP contribution in [-0.2, 0) is 17.8 Å². The van der Waals surface area contributed by atoms with E-state index in [1.807, 2.05) is 11.8 Å². The Morgan fingerprint density at radius 2 is 2.00 bits per heavy atom. The van der Waals surface area contributed by atoms with Crippen molar-refractivity contribution in [1.82, 2.24) is 14.9 Å². The number of aryl methyl sites for hydroxylation is 1. The van der Waals surface area contributed by atoms with E-state index in [1.165, 1.54) is 19.3 Å². The summed E-state index contributed by atoms with van der Waals surface area (Å²) in [5, 5.41) is 0. The zero-order valence-electron chi connectivity index (χ0n) is 14.6. The molecule has 5 heteroatoms. The monoisotopic (exact) mass is 316 g/mol. The molecule has 23 heavy (non-hydrogen) atoms. The molecule has 2 aliphatic rings. The topological polar surface area (TPSA) is 49.3 Å². The second-order valence-corrected chi connectivity index (χ2v) is 6.88. The Bertz CT molecular complexity index is 581.